The van der Waals surface area contributed by atoms with Crippen molar-refractivity contribution in [2.45, 2.75) is 45.7 Å². The molecule has 0 fully saturated rings. The number of nitrogens with zero attached hydrogens (tertiary/aromatic N) is 2. The molecule has 0 aliphatic carbocycles. The highest BCUT2D eigenvalue weighted by atomic mass is 19.4. The van der Waals surface area contributed by atoms with Crippen molar-refractivity contribution in [3.63, 3.8) is 0 Å². The molecule has 2 N–H and O–H groups in total. The Kier molecular flexibility index (Phi) is 7.56. The van der Waals surface area contributed by atoms with Gasteiger partial charge in [-0.2, -0.15) is 18.2 Å². The predicted octanol–water partition coefficient (Wildman–Crippen LogP) is 7.28. The fraction of sp³-hybridized carbons (Fsp3) is 0.333. The maximum Gasteiger partial charge on any atom is 0.421 e. The van der Waals surface area contributed by atoms with Gasteiger partial charge in [-0.15, -0.1) is 0 Å². The number of anilines is 4. The van der Waals surface area contributed by atoms with Gasteiger partial charge in [0.05, 0.1) is 6.61 Å². The lowest BCUT2D eigenvalue weighted by molar-refractivity contribution is -0.137. The minimum Gasteiger partial charge on any atom is -0.494 e. The lowest BCUT2D eigenvalue weighted by Crippen LogP contribution is -2.13. The molecule has 0 unspecified atom stereocenters. The summed E-state index contributed by atoms with van der Waals surface area (Å²) in [5.41, 5.74) is 1.18. The Morgan fingerprint density at radius 3 is 2.38 bits per heavy atom. The van der Waals surface area contributed by atoms with Gasteiger partial charge in [-0.05, 0) is 48.2 Å². The van der Waals surface area contributed by atoms with E-state index >= 15 is 0 Å². The first-order valence-electron chi connectivity index (χ1n) is 10.6. The molecule has 170 valence electrons. The van der Waals surface area contributed by atoms with E-state index in [-0.39, 0.29) is 17.7 Å². The Morgan fingerprint density at radius 2 is 1.72 bits per heavy atom. The summed E-state index contributed by atoms with van der Waals surface area (Å²) in [4.78, 5) is 8.00. The van der Waals surface area contributed by atoms with E-state index < -0.39 is 11.7 Å². The van der Waals surface area contributed by atoms with Crippen LogP contribution in [0.1, 0.15) is 50.7 Å². The summed E-state index contributed by atoms with van der Waals surface area (Å²) in [6.45, 7) is 6.69. The molecule has 1 aromatic heterocycles. The molecule has 0 bridgehead atoms. The van der Waals surface area contributed by atoms with E-state index in [1.54, 1.807) is 36.4 Å². The number of para-hydroxylation sites is 1. The number of benzene rings is 2. The van der Waals surface area contributed by atoms with E-state index in [0.717, 1.165) is 30.4 Å². The van der Waals surface area contributed by atoms with Crippen molar-refractivity contribution in [1.82, 2.24) is 9.97 Å². The van der Waals surface area contributed by atoms with Crippen LogP contribution in [0.2, 0.25) is 0 Å². The molecule has 5 nitrogen and oxygen atoms in total. The van der Waals surface area contributed by atoms with Crippen molar-refractivity contribution in [1.29, 1.82) is 0 Å². The smallest absolute Gasteiger partial charge is 0.421 e. The van der Waals surface area contributed by atoms with Gasteiger partial charge in [-0.25, -0.2) is 4.98 Å². The van der Waals surface area contributed by atoms with Crippen LogP contribution in [0.5, 0.6) is 5.75 Å². The van der Waals surface area contributed by atoms with Crippen molar-refractivity contribution in [3.05, 3.63) is 65.9 Å². The first-order valence-corrected chi connectivity index (χ1v) is 10.6. The largest absolute Gasteiger partial charge is 0.494 e. The number of hydrogen-bond acceptors (Lipinski definition) is 5. The molecule has 0 saturated carbocycles. The predicted molar refractivity (Wildman–Crippen MR) is 121 cm³/mol. The summed E-state index contributed by atoms with van der Waals surface area (Å²) >= 11 is 0. The fourth-order valence-corrected chi connectivity index (χ4v) is 3.08. The summed E-state index contributed by atoms with van der Waals surface area (Å²) in [5, 5.41) is 5.82. The lowest BCUT2D eigenvalue weighted by atomic mass is 10.0. The van der Waals surface area contributed by atoms with Gasteiger partial charge in [0.25, 0.3) is 0 Å². The average Bonchev–Trinajstić information content (AvgIpc) is 2.75. The summed E-state index contributed by atoms with van der Waals surface area (Å²) < 4.78 is 46.4. The third kappa shape index (κ3) is 6.12. The van der Waals surface area contributed by atoms with E-state index in [1.807, 2.05) is 26.0 Å². The monoisotopic (exact) mass is 444 g/mol. The normalized spacial score (nSPS) is 11.5. The van der Waals surface area contributed by atoms with Crippen LogP contribution in [-0.4, -0.2) is 16.6 Å². The Labute approximate surface area is 186 Å². The number of halogens is 3. The summed E-state index contributed by atoms with van der Waals surface area (Å²) in [7, 11) is 0. The Balaban J connectivity index is 1.85. The molecule has 3 aromatic rings. The minimum absolute atomic E-state index is 0.0576. The van der Waals surface area contributed by atoms with Gasteiger partial charge in [0.15, 0.2) is 0 Å². The quantitative estimate of drug-likeness (QED) is 0.340. The molecule has 3 rings (SSSR count). The first-order chi connectivity index (χ1) is 15.3. The van der Waals surface area contributed by atoms with Crippen LogP contribution < -0.4 is 15.4 Å². The lowest BCUT2D eigenvalue weighted by Gasteiger charge is -2.18. The van der Waals surface area contributed by atoms with Crippen molar-refractivity contribution < 1.29 is 17.9 Å². The van der Waals surface area contributed by atoms with Crippen LogP contribution in [-0.2, 0) is 6.18 Å². The Bertz CT molecular complexity index is 1020. The summed E-state index contributed by atoms with van der Waals surface area (Å²) in [5.74, 6) is 0.611. The molecule has 0 saturated heterocycles. The summed E-state index contributed by atoms with van der Waals surface area (Å²) in [6, 6.07) is 14.4. The highest BCUT2D eigenvalue weighted by molar-refractivity contribution is 5.66. The maximum absolute atomic E-state index is 13.6. The molecule has 0 spiro atoms. The standard InChI is InChI=1S/C24H27F3N4O/c1-4-5-14-32-18-12-10-17(11-13-18)29-23-28-15-20(24(25,26)27)22(31-23)30-21-9-7-6-8-19(21)16(2)3/h6-13,15-16H,4-5,14H2,1-3H3,(H2,28,29,30,31). The number of nitrogens with one attached hydrogen (secondary N) is 2. The highest BCUT2D eigenvalue weighted by Crippen LogP contribution is 2.36. The molecule has 0 aliphatic heterocycles. The van der Waals surface area contributed by atoms with Gasteiger partial charge in [-0.1, -0.05) is 45.4 Å². The molecule has 0 radical (unpaired) electrons. The van der Waals surface area contributed by atoms with E-state index in [9.17, 15) is 13.2 Å². The number of hydrogen-bond donors (Lipinski definition) is 2. The van der Waals surface area contributed by atoms with Gasteiger partial charge in [0, 0.05) is 17.6 Å². The maximum atomic E-state index is 13.6. The average molecular weight is 445 g/mol. The van der Waals surface area contributed by atoms with Gasteiger partial charge >= 0.3 is 6.18 Å². The van der Waals surface area contributed by atoms with Crippen LogP contribution in [0.15, 0.2) is 54.7 Å². The van der Waals surface area contributed by atoms with E-state index in [0.29, 0.717) is 18.0 Å². The number of unbranched alkanes of at least 4 members (excludes halogenated alkanes) is 1. The molecule has 0 aliphatic rings. The van der Waals surface area contributed by atoms with Crippen molar-refractivity contribution >= 4 is 23.1 Å². The van der Waals surface area contributed by atoms with E-state index in [2.05, 4.69) is 27.5 Å². The number of ether oxygens (including phenoxy) is 1. The first kappa shape index (κ1) is 23.4. The molecule has 0 amide bonds. The number of rotatable bonds is 9. The highest BCUT2D eigenvalue weighted by Gasteiger charge is 2.35. The zero-order chi connectivity index (χ0) is 23.1. The second kappa shape index (κ2) is 10.3. The third-order valence-corrected chi connectivity index (χ3v) is 4.81. The van der Waals surface area contributed by atoms with Crippen LogP contribution in [0.25, 0.3) is 0 Å². The second-order valence-electron chi connectivity index (χ2n) is 7.67. The molecule has 1 heterocycles. The van der Waals surface area contributed by atoms with Gasteiger partial charge < -0.3 is 15.4 Å². The molecule has 2 aromatic carbocycles. The summed E-state index contributed by atoms with van der Waals surface area (Å²) in [6.07, 6.45) is -1.79. The van der Waals surface area contributed by atoms with Crippen LogP contribution in [0.3, 0.4) is 0 Å². The molecular weight excluding hydrogens is 417 g/mol. The molecule has 32 heavy (non-hydrogen) atoms. The van der Waals surface area contributed by atoms with Gasteiger partial charge in [0.1, 0.15) is 17.1 Å². The van der Waals surface area contributed by atoms with Crippen LogP contribution >= 0.6 is 0 Å². The zero-order valence-corrected chi connectivity index (χ0v) is 18.3. The second-order valence-corrected chi connectivity index (χ2v) is 7.67. The van der Waals surface area contributed by atoms with Crippen LogP contribution in [0, 0.1) is 0 Å². The third-order valence-electron chi connectivity index (χ3n) is 4.81. The minimum atomic E-state index is -4.59. The Hall–Kier alpha value is -3.29. The fourth-order valence-electron chi connectivity index (χ4n) is 3.08. The van der Waals surface area contributed by atoms with E-state index in [4.69, 9.17) is 4.74 Å². The van der Waals surface area contributed by atoms with Crippen LogP contribution in [0.4, 0.5) is 36.3 Å². The van der Waals surface area contributed by atoms with Crippen molar-refractivity contribution in [2.24, 2.45) is 0 Å². The van der Waals surface area contributed by atoms with E-state index in [1.165, 1.54) is 0 Å². The molecule has 0 atom stereocenters. The Morgan fingerprint density at radius 1 is 1.00 bits per heavy atom. The SMILES string of the molecule is CCCCOc1ccc(Nc2ncc(C(F)(F)F)c(Nc3ccccc3C(C)C)n2)cc1. The molecule has 8 heteroatoms. The topological polar surface area (TPSA) is 59.1 Å². The van der Waals surface area contributed by atoms with Gasteiger partial charge in [0.2, 0.25) is 5.95 Å². The number of aromatic nitrogens is 2. The zero-order valence-electron chi connectivity index (χ0n) is 18.3. The number of alkyl halides is 3. The van der Waals surface area contributed by atoms with Gasteiger partial charge in [-0.3, -0.25) is 0 Å². The van der Waals surface area contributed by atoms with Crippen molar-refractivity contribution in [2.75, 3.05) is 17.2 Å². The van der Waals surface area contributed by atoms with Crippen molar-refractivity contribution in [3.8, 4) is 5.75 Å². The molecular formula is C24H27F3N4O.